The van der Waals surface area contributed by atoms with Gasteiger partial charge >= 0.3 is 0 Å². The summed E-state index contributed by atoms with van der Waals surface area (Å²) in [6.07, 6.45) is 2.61. The van der Waals surface area contributed by atoms with Crippen molar-refractivity contribution in [2.24, 2.45) is 5.92 Å². The van der Waals surface area contributed by atoms with E-state index >= 15 is 0 Å². The molecule has 15 heavy (non-hydrogen) atoms. The van der Waals surface area contributed by atoms with Crippen molar-refractivity contribution in [1.82, 2.24) is 4.90 Å². The molecule has 0 aromatic heterocycles. The fourth-order valence-electron chi connectivity index (χ4n) is 3.38. The molecule has 4 atom stereocenters. The maximum Gasteiger partial charge on any atom is 0.1000 e. The molecule has 4 rings (SSSR count). The van der Waals surface area contributed by atoms with E-state index in [0.717, 1.165) is 18.5 Å². The molecule has 1 aromatic carbocycles. The molecule has 0 spiro atoms. The van der Waals surface area contributed by atoms with Crippen molar-refractivity contribution in [2.75, 3.05) is 6.54 Å². The van der Waals surface area contributed by atoms with Gasteiger partial charge in [-0.15, -0.1) is 0 Å². The Hall–Kier alpha value is -0.860. The van der Waals surface area contributed by atoms with Crippen LogP contribution in [-0.2, 0) is 11.3 Å². The molecule has 1 saturated carbocycles. The average molecular weight is 201 g/mol. The van der Waals surface area contributed by atoms with Crippen LogP contribution < -0.4 is 0 Å². The van der Waals surface area contributed by atoms with E-state index in [1.165, 1.54) is 18.5 Å². The Kier molecular flexibility index (Phi) is 1.57. The smallest absolute Gasteiger partial charge is 0.1000 e. The number of hydrogen-bond acceptors (Lipinski definition) is 2. The van der Waals surface area contributed by atoms with E-state index in [9.17, 15) is 0 Å². The Labute approximate surface area is 89.8 Å². The summed E-state index contributed by atoms with van der Waals surface area (Å²) in [5.74, 6) is 0.837. The number of piperidine rings is 1. The minimum Gasteiger partial charge on any atom is -0.368 e. The summed E-state index contributed by atoms with van der Waals surface area (Å²) < 4.78 is 5.67. The molecular weight excluding hydrogens is 186 g/mol. The molecule has 2 heteroatoms. The van der Waals surface area contributed by atoms with E-state index in [2.05, 4.69) is 35.2 Å². The molecule has 1 aromatic rings. The number of benzene rings is 1. The van der Waals surface area contributed by atoms with Gasteiger partial charge in [-0.1, -0.05) is 30.3 Å². The topological polar surface area (TPSA) is 15.8 Å². The van der Waals surface area contributed by atoms with Gasteiger partial charge in [0.25, 0.3) is 0 Å². The van der Waals surface area contributed by atoms with E-state index in [1.807, 2.05) is 0 Å². The fourth-order valence-corrected chi connectivity index (χ4v) is 3.38. The van der Waals surface area contributed by atoms with E-state index < -0.39 is 0 Å². The summed E-state index contributed by atoms with van der Waals surface area (Å²) in [6, 6.07) is 11.5. The number of fused-ring (bicyclic) bond motifs is 5. The number of likely N-dealkylation sites (tertiary alicyclic amines) is 1. The molecule has 0 radical (unpaired) electrons. The van der Waals surface area contributed by atoms with Crippen molar-refractivity contribution in [2.45, 2.75) is 31.2 Å². The van der Waals surface area contributed by atoms with Crippen molar-refractivity contribution >= 4 is 0 Å². The zero-order valence-electron chi connectivity index (χ0n) is 8.67. The summed E-state index contributed by atoms with van der Waals surface area (Å²) in [7, 11) is 0. The molecule has 3 aliphatic rings. The second-order valence-electron chi connectivity index (χ2n) is 5.04. The Bertz CT molecular complexity index is 377. The van der Waals surface area contributed by atoms with Gasteiger partial charge in [-0.05, 0) is 12.0 Å². The lowest BCUT2D eigenvalue weighted by Crippen LogP contribution is -2.36. The second kappa shape index (κ2) is 2.83. The molecular formula is C13H15NO. The van der Waals surface area contributed by atoms with Crippen molar-refractivity contribution in [1.29, 1.82) is 0 Å². The molecule has 2 aliphatic heterocycles. The Balaban J connectivity index is 1.52. The van der Waals surface area contributed by atoms with Gasteiger partial charge in [0.15, 0.2) is 0 Å². The van der Waals surface area contributed by atoms with Gasteiger partial charge in [0, 0.05) is 25.0 Å². The molecule has 2 heterocycles. The molecule has 78 valence electrons. The predicted octanol–water partition coefficient (Wildman–Crippen LogP) is 1.66. The molecule has 3 fully saturated rings. The molecule has 2 nitrogen and oxygen atoms in total. The second-order valence-corrected chi connectivity index (χ2v) is 5.04. The molecule has 0 amide bonds. The molecule has 0 N–H and O–H groups in total. The van der Waals surface area contributed by atoms with E-state index in [-0.39, 0.29) is 0 Å². The number of rotatable bonds is 2. The van der Waals surface area contributed by atoms with Gasteiger partial charge in [-0.2, -0.15) is 0 Å². The van der Waals surface area contributed by atoms with E-state index in [0.29, 0.717) is 12.2 Å². The van der Waals surface area contributed by atoms with Crippen molar-refractivity contribution in [3.63, 3.8) is 0 Å². The van der Waals surface area contributed by atoms with Gasteiger partial charge in [0.2, 0.25) is 0 Å². The van der Waals surface area contributed by atoms with E-state index in [1.54, 1.807) is 0 Å². The first-order valence-electron chi connectivity index (χ1n) is 5.85. The maximum absolute atomic E-state index is 5.67. The van der Waals surface area contributed by atoms with Gasteiger partial charge in [0.1, 0.15) is 0 Å². The van der Waals surface area contributed by atoms with Crippen LogP contribution in [0.25, 0.3) is 0 Å². The highest BCUT2D eigenvalue weighted by Gasteiger charge is 2.62. The minimum absolute atomic E-state index is 0.590. The highest BCUT2D eigenvalue weighted by atomic mass is 16.6. The summed E-state index contributed by atoms with van der Waals surface area (Å²) >= 11 is 0. The third-order valence-corrected chi connectivity index (χ3v) is 4.12. The average Bonchev–Trinajstić information content (AvgIpc) is 2.89. The van der Waals surface area contributed by atoms with Crippen molar-refractivity contribution in [3.8, 4) is 0 Å². The zero-order valence-corrected chi connectivity index (χ0v) is 8.67. The Morgan fingerprint density at radius 1 is 1.20 bits per heavy atom. The number of nitrogens with zero attached hydrogens (tertiary/aromatic N) is 1. The third kappa shape index (κ3) is 1.18. The number of epoxide rings is 1. The molecule has 4 unspecified atom stereocenters. The van der Waals surface area contributed by atoms with Crippen LogP contribution >= 0.6 is 0 Å². The van der Waals surface area contributed by atoms with Crippen LogP contribution in [0.1, 0.15) is 12.0 Å². The lowest BCUT2D eigenvalue weighted by atomic mass is 10.1. The van der Waals surface area contributed by atoms with Crippen LogP contribution in [0.3, 0.4) is 0 Å². The highest BCUT2D eigenvalue weighted by Crippen LogP contribution is 2.51. The normalized spacial score (nSPS) is 41.9. The van der Waals surface area contributed by atoms with Crippen LogP contribution in [0.5, 0.6) is 0 Å². The lowest BCUT2D eigenvalue weighted by Gasteiger charge is -2.24. The standard InChI is InChI=1S/C13H15NO/c1-2-4-9(5-3-1)7-14-8-10-6-11(14)13-12(10)15-13/h1-5,10-13H,6-8H2. The quantitative estimate of drug-likeness (QED) is 0.676. The largest absolute Gasteiger partial charge is 0.368 e. The number of ether oxygens (including phenoxy) is 1. The van der Waals surface area contributed by atoms with Crippen LogP contribution in [0, 0.1) is 5.92 Å². The first-order valence-corrected chi connectivity index (χ1v) is 5.85. The van der Waals surface area contributed by atoms with Crippen LogP contribution in [0.4, 0.5) is 0 Å². The minimum atomic E-state index is 0.590. The third-order valence-electron chi connectivity index (χ3n) is 4.12. The molecule has 2 bridgehead atoms. The van der Waals surface area contributed by atoms with Crippen LogP contribution in [-0.4, -0.2) is 29.7 Å². The fraction of sp³-hybridized carbons (Fsp3) is 0.538. The van der Waals surface area contributed by atoms with Crippen molar-refractivity contribution in [3.05, 3.63) is 35.9 Å². The van der Waals surface area contributed by atoms with Crippen molar-refractivity contribution < 1.29 is 4.74 Å². The first-order chi connectivity index (χ1) is 7.42. The highest BCUT2D eigenvalue weighted by molar-refractivity contribution is 5.18. The Morgan fingerprint density at radius 2 is 2.07 bits per heavy atom. The van der Waals surface area contributed by atoms with Crippen LogP contribution in [0.2, 0.25) is 0 Å². The molecule has 1 aliphatic carbocycles. The van der Waals surface area contributed by atoms with E-state index in [4.69, 9.17) is 4.74 Å². The first kappa shape index (κ1) is 8.31. The SMILES string of the molecule is c1ccc(CN2CC3CC2C2OC32)cc1. The van der Waals surface area contributed by atoms with Gasteiger partial charge < -0.3 is 4.74 Å². The summed E-state index contributed by atoms with van der Waals surface area (Å²) in [5.41, 5.74) is 1.43. The monoisotopic (exact) mass is 201 g/mol. The Morgan fingerprint density at radius 3 is 2.80 bits per heavy atom. The van der Waals surface area contributed by atoms with Crippen LogP contribution in [0.15, 0.2) is 30.3 Å². The van der Waals surface area contributed by atoms with Gasteiger partial charge in [-0.3, -0.25) is 4.90 Å². The summed E-state index contributed by atoms with van der Waals surface area (Å²) in [6.45, 7) is 2.36. The maximum atomic E-state index is 5.67. The van der Waals surface area contributed by atoms with Gasteiger partial charge in [-0.25, -0.2) is 0 Å². The zero-order chi connectivity index (χ0) is 9.83. The van der Waals surface area contributed by atoms with Gasteiger partial charge in [0.05, 0.1) is 12.2 Å². The predicted molar refractivity (Wildman–Crippen MR) is 57.4 cm³/mol. The lowest BCUT2D eigenvalue weighted by molar-refractivity contribution is 0.202. The number of hydrogen-bond donors (Lipinski definition) is 0. The summed E-state index contributed by atoms with van der Waals surface area (Å²) in [4.78, 5) is 2.61. The summed E-state index contributed by atoms with van der Waals surface area (Å²) in [5, 5.41) is 0. The molecule has 2 saturated heterocycles.